The van der Waals surface area contributed by atoms with E-state index < -0.39 is 0 Å². The first-order valence-corrected chi connectivity index (χ1v) is 7.29. The number of hydrogen-bond donors (Lipinski definition) is 1. The molecule has 3 heteroatoms. The summed E-state index contributed by atoms with van der Waals surface area (Å²) in [6.07, 6.45) is 5.42. The van der Waals surface area contributed by atoms with E-state index in [2.05, 4.69) is 42.3 Å². The van der Waals surface area contributed by atoms with Crippen molar-refractivity contribution < 1.29 is 0 Å². The summed E-state index contributed by atoms with van der Waals surface area (Å²) in [5.74, 6) is 0. The standard InChI is InChI=1S/C17H21ClN2/c1-12-4-5-13(2)15(8-12)10-16(19-3)9-14-6-7-20-11-17(14)18/h4-8,11,16,19H,9-10H2,1-3H3. The minimum atomic E-state index is 0.371. The molecule has 0 aliphatic carbocycles. The lowest BCUT2D eigenvalue weighted by molar-refractivity contribution is 0.555. The number of aromatic nitrogens is 1. The minimum absolute atomic E-state index is 0.371. The molecule has 2 rings (SSSR count). The van der Waals surface area contributed by atoms with E-state index in [-0.39, 0.29) is 0 Å². The van der Waals surface area contributed by atoms with Gasteiger partial charge in [-0.1, -0.05) is 35.4 Å². The number of nitrogens with zero attached hydrogens (tertiary/aromatic N) is 1. The van der Waals surface area contributed by atoms with E-state index in [1.165, 1.54) is 16.7 Å². The summed E-state index contributed by atoms with van der Waals surface area (Å²) >= 11 is 6.19. The van der Waals surface area contributed by atoms with Crippen molar-refractivity contribution >= 4 is 11.6 Å². The van der Waals surface area contributed by atoms with Gasteiger partial charge in [-0.05, 0) is 56.5 Å². The molecule has 0 saturated heterocycles. The Morgan fingerprint density at radius 2 is 1.90 bits per heavy atom. The maximum Gasteiger partial charge on any atom is 0.0621 e. The van der Waals surface area contributed by atoms with E-state index in [1.54, 1.807) is 12.4 Å². The van der Waals surface area contributed by atoms with Crippen LogP contribution in [0.15, 0.2) is 36.7 Å². The van der Waals surface area contributed by atoms with Gasteiger partial charge in [0.2, 0.25) is 0 Å². The molecule has 106 valence electrons. The monoisotopic (exact) mass is 288 g/mol. The third-order valence-corrected chi connectivity index (χ3v) is 4.04. The van der Waals surface area contributed by atoms with Gasteiger partial charge >= 0.3 is 0 Å². The van der Waals surface area contributed by atoms with Crippen molar-refractivity contribution in [3.8, 4) is 0 Å². The van der Waals surface area contributed by atoms with Crippen LogP contribution in [0.25, 0.3) is 0 Å². The molecule has 0 amide bonds. The zero-order chi connectivity index (χ0) is 14.5. The van der Waals surface area contributed by atoms with E-state index >= 15 is 0 Å². The Hall–Kier alpha value is -1.38. The zero-order valence-electron chi connectivity index (χ0n) is 12.3. The number of aryl methyl sites for hydroxylation is 2. The molecule has 2 nitrogen and oxygen atoms in total. The van der Waals surface area contributed by atoms with Gasteiger partial charge in [-0.3, -0.25) is 4.98 Å². The Kier molecular flexibility index (Phi) is 5.16. The molecule has 0 aliphatic rings. The van der Waals surface area contributed by atoms with Crippen molar-refractivity contribution in [2.45, 2.75) is 32.7 Å². The van der Waals surface area contributed by atoms with Crippen molar-refractivity contribution in [1.29, 1.82) is 0 Å². The number of likely N-dealkylation sites (N-methyl/N-ethyl adjacent to an activating group) is 1. The number of halogens is 1. The van der Waals surface area contributed by atoms with Crippen LogP contribution in [-0.4, -0.2) is 18.1 Å². The summed E-state index contributed by atoms with van der Waals surface area (Å²) < 4.78 is 0. The van der Waals surface area contributed by atoms with Crippen molar-refractivity contribution in [2.24, 2.45) is 0 Å². The molecule has 1 unspecified atom stereocenters. The van der Waals surface area contributed by atoms with Gasteiger partial charge in [0.25, 0.3) is 0 Å². The van der Waals surface area contributed by atoms with Gasteiger partial charge in [0.05, 0.1) is 5.02 Å². The summed E-state index contributed by atoms with van der Waals surface area (Å²) in [4.78, 5) is 4.04. The minimum Gasteiger partial charge on any atom is -0.316 e. The molecule has 1 aromatic carbocycles. The molecule has 0 saturated carbocycles. The lowest BCUT2D eigenvalue weighted by Crippen LogP contribution is -2.30. The molecule has 20 heavy (non-hydrogen) atoms. The van der Waals surface area contributed by atoms with Crippen molar-refractivity contribution in [3.63, 3.8) is 0 Å². The SMILES string of the molecule is CNC(Cc1cc(C)ccc1C)Cc1ccncc1Cl. The highest BCUT2D eigenvalue weighted by Gasteiger charge is 2.12. The normalized spacial score (nSPS) is 12.4. The molecule has 1 N–H and O–H groups in total. The summed E-state index contributed by atoms with van der Waals surface area (Å²) in [5.41, 5.74) is 5.19. The van der Waals surface area contributed by atoms with Crippen LogP contribution in [0.2, 0.25) is 5.02 Å². The molecule has 1 aromatic heterocycles. The smallest absolute Gasteiger partial charge is 0.0621 e. The lowest BCUT2D eigenvalue weighted by atomic mass is 9.95. The maximum atomic E-state index is 6.19. The highest BCUT2D eigenvalue weighted by molar-refractivity contribution is 6.31. The molecule has 0 radical (unpaired) electrons. The second kappa shape index (κ2) is 6.87. The first-order valence-electron chi connectivity index (χ1n) is 6.92. The van der Waals surface area contributed by atoms with Crippen LogP contribution in [0.4, 0.5) is 0 Å². The molecule has 0 fully saturated rings. The van der Waals surface area contributed by atoms with Crippen LogP contribution in [0.5, 0.6) is 0 Å². The van der Waals surface area contributed by atoms with Gasteiger partial charge in [-0.25, -0.2) is 0 Å². The Bertz CT molecular complexity index is 581. The molecule has 0 spiro atoms. The fraction of sp³-hybridized carbons (Fsp3) is 0.353. The van der Waals surface area contributed by atoms with Crippen LogP contribution < -0.4 is 5.32 Å². The first-order chi connectivity index (χ1) is 9.60. The molecule has 0 bridgehead atoms. The van der Waals surface area contributed by atoms with E-state index in [4.69, 9.17) is 11.6 Å². The third-order valence-electron chi connectivity index (χ3n) is 3.70. The largest absolute Gasteiger partial charge is 0.316 e. The van der Waals surface area contributed by atoms with Crippen LogP contribution >= 0.6 is 11.6 Å². The maximum absolute atomic E-state index is 6.19. The topological polar surface area (TPSA) is 24.9 Å². The van der Waals surface area contributed by atoms with Gasteiger partial charge in [-0.2, -0.15) is 0 Å². The van der Waals surface area contributed by atoms with Crippen LogP contribution in [0.1, 0.15) is 22.3 Å². The second-order valence-electron chi connectivity index (χ2n) is 5.29. The Labute approximate surface area is 126 Å². The lowest BCUT2D eigenvalue weighted by Gasteiger charge is -2.18. The van der Waals surface area contributed by atoms with E-state index in [0.29, 0.717) is 6.04 Å². The molecular formula is C17H21ClN2. The highest BCUT2D eigenvalue weighted by Crippen LogP contribution is 2.18. The first kappa shape index (κ1) is 15.0. The van der Waals surface area contributed by atoms with Crippen LogP contribution in [0, 0.1) is 13.8 Å². The van der Waals surface area contributed by atoms with Gasteiger partial charge in [0, 0.05) is 18.4 Å². The number of nitrogens with one attached hydrogen (secondary N) is 1. The summed E-state index contributed by atoms with van der Waals surface area (Å²) in [6.45, 7) is 4.30. The molecule has 1 heterocycles. The van der Waals surface area contributed by atoms with Gasteiger partial charge in [0.15, 0.2) is 0 Å². The molecular weight excluding hydrogens is 268 g/mol. The predicted molar refractivity (Wildman–Crippen MR) is 85.4 cm³/mol. The molecule has 2 aromatic rings. The summed E-state index contributed by atoms with van der Waals surface area (Å²) in [7, 11) is 2.00. The van der Waals surface area contributed by atoms with Gasteiger partial charge in [-0.15, -0.1) is 0 Å². The average Bonchev–Trinajstić information content (AvgIpc) is 2.44. The summed E-state index contributed by atoms with van der Waals surface area (Å²) in [5, 5.41) is 4.14. The van der Waals surface area contributed by atoms with Crippen molar-refractivity contribution in [1.82, 2.24) is 10.3 Å². The van der Waals surface area contributed by atoms with Gasteiger partial charge in [0.1, 0.15) is 0 Å². The van der Waals surface area contributed by atoms with Crippen LogP contribution in [0.3, 0.4) is 0 Å². The number of pyridine rings is 1. The highest BCUT2D eigenvalue weighted by atomic mass is 35.5. The molecule has 1 atom stereocenters. The van der Waals surface area contributed by atoms with E-state index in [1.807, 2.05) is 13.1 Å². The van der Waals surface area contributed by atoms with E-state index in [0.717, 1.165) is 23.4 Å². The second-order valence-corrected chi connectivity index (χ2v) is 5.70. The number of rotatable bonds is 5. The predicted octanol–water partition coefficient (Wildman–Crippen LogP) is 3.73. The quantitative estimate of drug-likeness (QED) is 0.907. The fourth-order valence-electron chi connectivity index (χ4n) is 2.40. The Morgan fingerprint density at radius 3 is 2.60 bits per heavy atom. The van der Waals surface area contributed by atoms with Crippen LogP contribution in [-0.2, 0) is 12.8 Å². The number of hydrogen-bond acceptors (Lipinski definition) is 2. The van der Waals surface area contributed by atoms with E-state index in [9.17, 15) is 0 Å². The van der Waals surface area contributed by atoms with Gasteiger partial charge < -0.3 is 5.32 Å². The Balaban J connectivity index is 2.13. The average molecular weight is 289 g/mol. The van der Waals surface area contributed by atoms with Crippen molar-refractivity contribution in [2.75, 3.05) is 7.05 Å². The molecule has 0 aliphatic heterocycles. The third kappa shape index (κ3) is 3.81. The zero-order valence-corrected chi connectivity index (χ0v) is 13.0. The summed E-state index contributed by atoms with van der Waals surface area (Å²) in [6, 6.07) is 8.99. The fourth-order valence-corrected chi connectivity index (χ4v) is 2.59. The Morgan fingerprint density at radius 1 is 1.15 bits per heavy atom. The number of benzene rings is 1. The van der Waals surface area contributed by atoms with Crippen molar-refractivity contribution in [3.05, 3.63) is 63.9 Å².